The van der Waals surface area contributed by atoms with Gasteiger partial charge in [0.2, 0.25) is 5.91 Å². The summed E-state index contributed by atoms with van der Waals surface area (Å²) in [6.07, 6.45) is -2.70. The molecular formula is C15H17BrF3NO. The first-order chi connectivity index (χ1) is 9.88. The molecule has 1 aliphatic rings. The van der Waals surface area contributed by atoms with Crippen LogP contribution in [0, 0.1) is 11.8 Å². The molecule has 2 rings (SSSR count). The standard InChI is InChI=1S/C15H17BrF3NO/c16-11-5-3-4-10(8-11)9-20-14(21)12-6-1-2-7-13(12)15(17,18)19/h3-5,8,12-13H,1-2,6-7,9H2,(H,20,21). The van der Waals surface area contributed by atoms with E-state index in [1.165, 1.54) is 0 Å². The zero-order chi connectivity index (χ0) is 15.5. The predicted molar refractivity (Wildman–Crippen MR) is 77.5 cm³/mol. The van der Waals surface area contributed by atoms with Gasteiger partial charge in [-0.25, -0.2) is 0 Å². The van der Waals surface area contributed by atoms with Crippen LogP contribution in [0.5, 0.6) is 0 Å². The van der Waals surface area contributed by atoms with E-state index in [2.05, 4.69) is 21.2 Å². The monoisotopic (exact) mass is 363 g/mol. The van der Waals surface area contributed by atoms with Gasteiger partial charge in [0.1, 0.15) is 0 Å². The van der Waals surface area contributed by atoms with Crippen molar-refractivity contribution in [2.24, 2.45) is 11.8 Å². The van der Waals surface area contributed by atoms with Crippen LogP contribution in [0.25, 0.3) is 0 Å². The van der Waals surface area contributed by atoms with Crippen molar-refractivity contribution in [2.75, 3.05) is 0 Å². The Kier molecular flexibility index (Phi) is 5.30. The first-order valence-electron chi connectivity index (χ1n) is 6.97. The molecule has 2 atom stereocenters. The zero-order valence-corrected chi connectivity index (χ0v) is 13.0. The van der Waals surface area contributed by atoms with Crippen molar-refractivity contribution in [2.45, 2.75) is 38.4 Å². The highest BCUT2D eigenvalue weighted by atomic mass is 79.9. The maximum atomic E-state index is 13.0. The van der Waals surface area contributed by atoms with Crippen LogP contribution in [-0.2, 0) is 11.3 Å². The lowest BCUT2D eigenvalue weighted by Crippen LogP contribution is -2.42. The molecule has 0 radical (unpaired) electrons. The Balaban J connectivity index is 1.98. The molecule has 1 amide bonds. The number of alkyl halides is 3. The molecule has 1 saturated carbocycles. The van der Waals surface area contributed by atoms with Crippen molar-refractivity contribution >= 4 is 21.8 Å². The molecule has 116 valence electrons. The van der Waals surface area contributed by atoms with Gasteiger partial charge in [0.15, 0.2) is 0 Å². The molecule has 0 spiro atoms. The summed E-state index contributed by atoms with van der Waals surface area (Å²) in [7, 11) is 0. The van der Waals surface area contributed by atoms with E-state index < -0.39 is 23.9 Å². The summed E-state index contributed by atoms with van der Waals surface area (Å²) in [6, 6.07) is 7.34. The van der Waals surface area contributed by atoms with Crippen LogP contribution in [0.2, 0.25) is 0 Å². The summed E-state index contributed by atoms with van der Waals surface area (Å²) in [5.74, 6) is -2.95. The van der Waals surface area contributed by atoms with E-state index in [9.17, 15) is 18.0 Å². The second-order valence-corrected chi connectivity index (χ2v) is 6.30. The minimum absolute atomic E-state index is 0.0540. The molecule has 2 nitrogen and oxygen atoms in total. The summed E-state index contributed by atoms with van der Waals surface area (Å²) < 4.78 is 39.8. The van der Waals surface area contributed by atoms with E-state index in [-0.39, 0.29) is 13.0 Å². The highest BCUT2D eigenvalue weighted by Gasteiger charge is 2.47. The topological polar surface area (TPSA) is 29.1 Å². The van der Waals surface area contributed by atoms with Gasteiger partial charge in [-0.3, -0.25) is 4.79 Å². The third-order valence-corrected chi connectivity index (χ3v) is 4.37. The van der Waals surface area contributed by atoms with E-state index >= 15 is 0 Å². The first-order valence-corrected chi connectivity index (χ1v) is 7.76. The molecule has 2 unspecified atom stereocenters. The van der Waals surface area contributed by atoms with Crippen LogP contribution in [0.15, 0.2) is 28.7 Å². The van der Waals surface area contributed by atoms with Crippen molar-refractivity contribution in [3.8, 4) is 0 Å². The van der Waals surface area contributed by atoms with Crippen molar-refractivity contribution < 1.29 is 18.0 Å². The molecule has 0 saturated heterocycles. The number of rotatable bonds is 3. The van der Waals surface area contributed by atoms with Gasteiger partial charge < -0.3 is 5.32 Å². The number of carbonyl (C=O) groups is 1. The number of halogens is 4. The number of amides is 1. The van der Waals surface area contributed by atoms with E-state index in [0.717, 1.165) is 10.0 Å². The van der Waals surface area contributed by atoms with Gasteiger partial charge in [-0.1, -0.05) is 40.9 Å². The molecule has 6 heteroatoms. The van der Waals surface area contributed by atoms with Gasteiger partial charge in [-0.2, -0.15) is 13.2 Å². The van der Waals surface area contributed by atoms with Crippen molar-refractivity contribution in [1.29, 1.82) is 0 Å². The molecule has 21 heavy (non-hydrogen) atoms. The van der Waals surface area contributed by atoms with Crippen LogP contribution >= 0.6 is 15.9 Å². The minimum Gasteiger partial charge on any atom is -0.352 e. The van der Waals surface area contributed by atoms with E-state index in [1.54, 1.807) is 0 Å². The highest BCUT2D eigenvalue weighted by Crippen LogP contribution is 2.41. The normalized spacial score (nSPS) is 22.9. The molecule has 0 bridgehead atoms. The maximum absolute atomic E-state index is 13.0. The fraction of sp³-hybridized carbons (Fsp3) is 0.533. The molecule has 1 aromatic rings. The lowest BCUT2D eigenvalue weighted by atomic mass is 9.78. The molecule has 0 heterocycles. The van der Waals surface area contributed by atoms with E-state index in [4.69, 9.17) is 0 Å². The van der Waals surface area contributed by atoms with Gasteiger partial charge in [-0.05, 0) is 30.5 Å². The average Bonchev–Trinajstić information content (AvgIpc) is 2.44. The molecule has 1 N–H and O–H groups in total. The summed E-state index contributed by atoms with van der Waals surface area (Å²) in [4.78, 5) is 12.1. The summed E-state index contributed by atoms with van der Waals surface area (Å²) >= 11 is 3.32. The summed E-state index contributed by atoms with van der Waals surface area (Å²) in [5.41, 5.74) is 0.858. The van der Waals surface area contributed by atoms with Gasteiger partial charge in [0.05, 0.1) is 5.92 Å². The molecule has 1 fully saturated rings. The average molecular weight is 364 g/mol. The summed E-state index contributed by atoms with van der Waals surface area (Å²) in [5, 5.41) is 2.64. The van der Waals surface area contributed by atoms with Gasteiger partial charge in [0, 0.05) is 16.9 Å². The third-order valence-electron chi connectivity index (χ3n) is 3.88. The largest absolute Gasteiger partial charge is 0.392 e. The second kappa shape index (κ2) is 6.81. The Labute approximate surface area is 130 Å². The van der Waals surface area contributed by atoms with Crippen LogP contribution in [0.4, 0.5) is 13.2 Å². The Morgan fingerprint density at radius 1 is 1.29 bits per heavy atom. The Morgan fingerprint density at radius 3 is 2.67 bits per heavy atom. The molecule has 0 aliphatic heterocycles. The number of hydrogen-bond donors (Lipinski definition) is 1. The lowest BCUT2D eigenvalue weighted by molar-refractivity contribution is -0.198. The van der Waals surface area contributed by atoms with Crippen molar-refractivity contribution in [3.05, 3.63) is 34.3 Å². The molecule has 1 aliphatic carbocycles. The predicted octanol–water partition coefficient (Wildman–Crippen LogP) is 4.43. The number of carbonyl (C=O) groups excluding carboxylic acids is 1. The SMILES string of the molecule is O=C(NCc1cccc(Br)c1)C1CCCCC1C(F)(F)F. The Hall–Kier alpha value is -1.04. The van der Waals surface area contributed by atoms with Gasteiger partial charge in [0.25, 0.3) is 0 Å². The van der Waals surface area contributed by atoms with Crippen LogP contribution in [0.1, 0.15) is 31.2 Å². The summed E-state index contributed by atoms with van der Waals surface area (Å²) in [6.45, 7) is 0.249. The quantitative estimate of drug-likeness (QED) is 0.845. The fourth-order valence-electron chi connectivity index (χ4n) is 2.80. The van der Waals surface area contributed by atoms with E-state index in [1.807, 2.05) is 24.3 Å². The zero-order valence-electron chi connectivity index (χ0n) is 11.4. The van der Waals surface area contributed by atoms with Gasteiger partial charge in [-0.15, -0.1) is 0 Å². The number of hydrogen-bond acceptors (Lipinski definition) is 1. The van der Waals surface area contributed by atoms with Crippen LogP contribution in [-0.4, -0.2) is 12.1 Å². The van der Waals surface area contributed by atoms with Crippen LogP contribution in [0.3, 0.4) is 0 Å². The van der Waals surface area contributed by atoms with Crippen molar-refractivity contribution in [3.63, 3.8) is 0 Å². The number of benzene rings is 1. The second-order valence-electron chi connectivity index (χ2n) is 5.39. The lowest BCUT2D eigenvalue weighted by Gasteiger charge is -2.32. The molecule has 1 aromatic carbocycles. The minimum atomic E-state index is -4.29. The Bertz CT molecular complexity index is 504. The number of nitrogens with one attached hydrogen (secondary N) is 1. The highest BCUT2D eigenvalue weighted by molar-refractivity contribution is 9.10. The van der Waals surface area contributed by atoms with E-state index in [0.29, 0.717) is 19.3 Å². The van der Waals surface area contributed by atoms with Crippen LogP contribution < -0.4 is 5.32 Å². The first kappa shape index (κ1) is 16.3. The smallest absolute Gasteiger partial charge is 0.352 e. The third kappa shape index (κ3) is 4.46. The Morgan fingerprint density at radius 2 is 2.00 bits per heavy atom. The molecule has 0 aromatic heterocycles. The maximum Gasteiger partial charge on any atom is 0.392 e. The van der Waals surface area contributed by atoms with Crippen molar-refractivity contribution in [1.82, 2.24) is 5.32 Å². The van der Waals surface area contributed by atoms with Gasteiger partial charge >= 0.3 is 6.18 Å². The molecular weight excluding hydrogens is 347 g/mol. The fourth-order valence-corrected chi connectivity index (χ4v) is 3.25.